The predicted octanol–water partition coefficient (Wildman–Crippen LogP) is 0.859. The lowest BCUT2D eigenvalue weighted by molar-refractivity contribution is -0.150. The average molecular weight is 284 g/mol. The molecule has 2 fully saturated rings. The molecule has 2 rings (SSSR count). The smallest absolute Gasteiger partial charge is 0.237 e. The van der Waals surface area contributed by atoms with E-state index in [9.17, 15) is 9.90 Å². The van der Waals surface area contributed by atoms with Gasteiger partial charge >= 0.3 is 0 Å². The third-order valence-electron chi connectivity index (χ3n) is 4.39. The van der Waals surface area contributed by atoms with E-state index in [1.54, 1.807) is 6.92 Å². The molecule has 0 bridgehead atoms. The molecule has 1 saturated carbocycles. The minimum atomic E-state index is -0.307. The lowest BCUT2D eigenvalue weighted by atomic mass is 9.90. The van der Waals surface area contributed by atoms with Crippen LogP contribution in [0, 0.1) is 0 Å². The number of carbonyl (C=O) groups excluding carboxylic acids is 1. The quantitative estimate of drug-likeness (QED) is 0.813. The topological polar surface area (TPSA) is 53.0 Å². The van der Waals surface area contributed by atoms with Gasteiger partial charge in [0.25, 0.3) is 0 Å². The summed E-state index contributed by atoms with van der Waals surface area (Å²) in [6.45, 7) is 4.37. The van der Waals surface area contributed by atoms with Crippen LogP contribution in [-0.4, -0.2) is 72.4 Å². The molecule has 0 aromatic carbocycles. The molecule has 1 amide bonds. The van der Waals surface area contributed by atoms with Crippen molar-refractivity contribution in [3.63, 3.8) is 0 Å². The standard InChI is InChI=1S/C15H28N2O3/c1-12(18)7-8-16(2)11-15(19)17-9-10-20-14-6-4-3-5-13(14)17/h12-14,18H,3-11H2,1-2H3. The molecule has 3 atom stereocenters. The molecule has 3 unspecified atom stereocenters. The van der Waals surface area contributed by atoms with Gasteiger partial charge in [-0.3, -0.25) is 9.69 Å². The predicted molar refractivity (Wildman–Crippen MR) is 77.5 cm³/mol. The van der Waals surface area contributed by atoms with Gasteiger partial charge in [-0.2, -0.15) is 0 Å². The molecular weight excluding hydrogens is 256 g/mol. The zero-order valence-corrected chi connectivity index (χ0v) is 12.8. The van der Waals surface area contributed by atoms with Crippen molar-refractivity contribution in [2.75, 3.05) is 33.3 Å². The van der Waals surface area contributed by atoms with E-state index < -0.39 is 0 Å². The number of ether oxygens (including phenoxy) is 1. The largest absolute Gasteiger partial charge is 0.393 e. The van der Waals surface area contributed by atoms with Crippen molar-refractivity contribution in [1.82, 2.24) is 9.80 Å². The van der Waals surface area contributed by atoms with Crippen molar-refractivity contribution >= 4 is 5.91 Å². The van der Waals surface area contributed by atoms with Crippen LogP contribution in [0.4, 0.5) is 0 Å². The van der Waals surface area contributed by atoms with E-state index in [1.807, 2.05) is 16.8 Å². The number of carbonyl (C=O) groups is 1. The lowest BCUT2D eigenvalue weighted by Crippen LogP contribution is -2.56. The van der Waals surface area contributed by atoms with Crippen LogP contribution in [0.2, 0.25) is 0 Å². The van der Waals surface area contributed by atoms with Gasteiger partial charge < -0.3 is 14.7 Å². The fraction of sp³-hybridized carbons (Fsp3) is 0.933. The summed E-state index contributed by atoms with van der Waals surface area (Å²) < 4.78 is 5.81. The summed E-state index contributed by atoms with van der Waals surface area (Å²) in [5.74, 6) is 0.207. The van der Waals surface area contributed by atoms with Crippen molar-refractivity contribution in [3.8, 4) is 0 Å². The van der Waals surface area contributed by atoms with E-state index in [-0.39, 0.29) is 24.2 Å². The lowest BCUT2D eigenvalue weighted by Gasteiger charge is -2.44. The first-order valence-electron chi connectivity index (χ1n) is 7.85. The number of rotatable bonds is 5. The Morgan fingerprint density at radius 3 is 2.95 bits per heavy atom. The fourth-order valence-corrected chi connectivity index (χ4v) is 3.21. The van der Waals surface area contributed by atoms with Gasteiger partial charge in [-0.05, 0) is 33.2 Å². The minimum absolute atomic E-state index is 0.207. The summed E-state index contributed by atoms with van der Waals surface area (Å²) in [6.07, 6.45) is 5.24. The van der Waals surface area contributed by atoms with Gasteiger partial charge in [0.05, 0.1) is 31.4 Å². The zero-order chi connectivity index (χ0) is 14.5. The molecule has 5 heteroatoms. The van der Waals surface area contributed by atoms with Gasteiger partial charge in [-0.15, -0.1) is 0 Å². The van der Waals surface area contributed by atoms with Crippen molar-refractivity contribution in [2.45, 2.75) is 57.3 Å². The summed E-state index contributed by atoms with van der Waals surface area (Å²) in [4.78, 5) is 16.5. The van der Waals surface area contributed by atoms with Crippen molar-refractivity contribution < 1.29 is 14.6 Å². The van der Waals surface area contributed by atoms with Gasteiger partial charge in [-0.25, -0.2) is 0 Å². The van der Waals surface area contributed by atoms with Gasteiger partial charge in [-0.1, -0.05) is 12.8 Å². The molecular formula is C15H28N2O3. The number of amides is 1. The molecule has 1 aliphatic heterocycles. The molecule has 0 radical (unpaired) electrons. The summed E-state index contributed by atoms with van der Waals surface area (Å²) in [6, 6.07) is 0.287. The van der Waals surface area contributed by atoms with Crippen LogP contribution in [0.1, 0.15) is 39.0 Å². The molecule has 1 heterocycles. The SMILES string of the molecule is CC(O)CCN(C)CC(=O)N1CCOC2CCCCC21. The van der Waals surface area contributed by atoms with Crippen LogP contribution < -0.4 is 0 Å². The first kappa shape index (κ1) is 15.7. The highest BCUT2D eigenvalue weighted by molar-refractivity contribution is 5.78. The minimum Gasteiger partial charge on any atom is -0.393 e. The first-order chi connectivity index (χ1) is 9.58. The maximum absolute atomic E-state index is 12.5. The molecule has 2 aliphatic rings. The Labute approximate surface area is 121 Å². The molecule has 1 N–H and O–H groups in total. The maximum atomic E-state index is 12.5. The summed E-state index contributed by atoms with van der Waals surface area (Å²) >= 11 is 0. The molecule has 0 aromatic rings. The Hall–Kier alpha value is -0.650. The van der Waals surface area contributed by atoms with E-state index in [1.165, 1.54) is 12.8 Å². The second-order valence-electron chi connectivity index (χ2n) is 6.22. The summed E-state index contributed by atoms with van der Waals surface area (Å²) in [5, 5.41) is 9.30. The van der Waals surface area contributed by atoms with Gasteiger partial charge in [0.2, 0.25) is 5.91 Å². The fourth-order valence-electron chi connectivity index (χ4n) is 3.21. The van der Waals surface area contributed by atoms with E-state index in [4.69, 9.17) is 4.74 Å². The second-order valence-corrected chi connectivity index (χ2v) is 6.22. The summed E-state index contributed by atoms with van der Waals surface area (Å²) in [7, 11) is 1.94. The Morgan fingerprint density at radius 2 is 2.20 bits per heavy atom. The number of nitrogens with zero attached hydrogens (tertiary/aromatic N) is 2. The van der Waals surface area contributed by atoms with E-state index >= 15 is 0 Å². The van der Waals surface area contributed by atoms with Crippen molar-refractivity contribution in [1.29, 1.82) is 0 Å². The van der Waals surface area contributed by atoms with Gasteiger partial charge in [0, 0.05) is 13.1 Å². The summed E-state index contributed by atoms with van der Waals surface area (Å²) in [5.41, 5.74) is 0. The van der Waals surface area contributed by atoms with Crippen molar-refractivity contribution in [2.24, 2.45) is 0 Å². The molecule has 1 aliphatic carbocycles. The van der Waals surface area contributed by atoms with E-state index in [0.29, 0.717) is 19.6 Å². The van der Waals surface area contributed by atoms with E-state index in [2.05, 4.69) is 0 Å². The van der Waals surface area contributed by atoms with Crippen molar-refractivity contribution in [3.05, 3.63) is 0 Å². The van der Waals surface area contributed by atoms with Crippen LogP contribution in [-0.2, 0) is 9.53 Å². The normalized spacial score (nSPS) is 28.3. The molecule has 116 valence electrons. The number of hydrogen-bond donors (Lipinski definition) is 1. The molecule has 20 heavy (non-hydrogen) atoms. The highest BCUT2D eigenvalue weighted by atomic mass is 16.5. The number of aliphatic hydroxyl groups is 1. The first-order valence-corrected chi connectivity index (χ1v) is 7.85. The van der Waals surface area contributed by atoms with E-state index in [0.717, 1.165) is 25.9 Å². The Morgan fingerprint density at radius 1 is 1.45 bits per heavy atom. The monoisotopic (exact) mass is 284 g/mol. The van der Waals surface area contributed by atoms with Crippen LogP contribution in [0.3, 0.4) is 0 Å². The van der Waals surface area contributed by atoms with Crippen LogP contribution in [0.25, 0.3) is 0 Å². The molecule has 0 spiro atoms. The number of hydrogen-bond acceptors (Lipinski definition) is 4. The zero-order valence-electron chi connectivity index (χ0n) is 12.8. The molecule has 0 aromatic heterocycles. The Bertz CT molecular complexity index is 320. The Balaban J connectivity index is 1.84. The maximum Gasteiger partial charge on any atom is 0.237 e. The number of morpholine rings is 1. The molecule has 5 nitrogen and oxygen atoms in total. The van der Waals surface area contributed by atoms with Gasteiger partial charge in [0.1, 0.15) is 0 Å². The highest BCUT2D eigenvalue weighted by Gasteiger charge is 2.36. The van der Waals surface area contributed by atoms with Gasteiger partial charge in [0.15, 0.2) is 0 Å². The average Bonchev–Trinajstić information content (AvgIpc) is 2.44. The number of likely N-dealkylation sites (N-methyl/N-ethyl adjacent to an activating group) is 1. The number of fused-ring (bicyclic) bond motifs is 1. The second kappa shape index (κ2) is 7.38. The number of aliphatic hydroxyl groups excluding tert-OH is 1. The molecule has 1 saturated heterocycles. The van der Waals surface area contributed by atoms with Crippen LogP contribution >= 0.6 is 0 Å². The van der Waals surface area contributed by atoms with Crippen LogP contribution in [0.5, 0.6) is 0 Å². The van der Waals surface area contributed by atoms with Crippen LogP contribution in [0.15, 0.2) is 0 Å². The third kappa shape index (κ3) is 4.17. The highest BCUT2D eigenvalue weighted by Crippen LogP contribution is 2.28. The Kier molecular flexibility index (Phi) is 5.81. The third-order valence-corrected chi connectivity index (χ3v) is 4.39.